The molecule has 156 valence electrons. The molecule has 13 nitrogen and oxygen atoms in total. The fourth-order valence-corrected chi connectivity index (χ4v) is 2.74. The SMILES string of the molecule is COC(=O)[C@H]1O[C@@H](O[C@@H]2[C@@H](O)[C@H](O)[C@@H](C(=O)OC)O[C@@H]2O)[C@H](O)[C@@H](O)[C@@H]1O. The van der Waals surface area contributed by atoms with Gasteiger partial charge in [-0.1, -0.05) is 0 Å². The molecule has 27 heavy (non-hydrogen) atoms. The molecule has 2 rings (SSSR count). The lowest BCUT2D eigenvalue weighted by Crippen LogP contribution is -2.65. The van der Waals surface area contributed by atoms with E-state index in [1.807, 2.05) is 0 Å². The van der Waals surface area contributed by atoms with Crippen LogP contribution in [-0.4, -0.2) is 118 Å². The molecule has 10 atom stereocenters. The molecule has 2 aliphatic rings. The van der Waals surface area contributed by atoms with E-state index in [9.17, 15) is 40.2 Å². The molecular weight excluding hydrogens is 376 g/mol. The average Bonchev–Trinajstić information content (AvgIpc) is 2.66. The molecule has 13 heteroatoms. The quantitative estimate of drug-likeness (QED) is 0.246. The summed E-state index contributed by atoms with van der Waals surface area (Å²) in [6.07, 6.45) is -18.4. The van der Waals surface area contributed by atoms with E-state index in [-0.39, 0.29) is 0 Å². The van der Waals surface area contributed by atoms with Gasteiger partial charge >= 0.3 is 11.9 Å². The van der Waals surface area contributed by atoms with Crippen LogP contribution in [0.2, 0.25) is 0 Å². The summed E-state index contributed by atoms with van der Waals surface area (Å²) in [7, 11) is 2.00. The molecule has 6 N–H and O–H groups in total. The van der Waals surface area contributed by atoms with E-state index < -0.39 is 73.4 Å². The van der Waals surface area contributed by atoms with E-state index in [1.54, 1.807) is 0 Å². The zero-order valence-electron chi connectivity index (χ0n) is 14.3. The normalized spacial score (nSPS) is 45.2. The summed E-state index contributed by atoms with van der Waals surface area (Å²) in [5, 5.41) is 59.7. The summed E-state index contributed by atoms with van der Waals surface area (Å²) in [6.45, 7) is 0. The van der Waals surface area contributed by atoms with Gasteiger partial charge in [0.25, 0.3) is 0 Å². The predicted molar refractivity (Wildman–Crippen MR) is 78.5 cm³/mol. The molecule has 2 fully saturated rings. The van der Waals surface area contributed by atoms with Gasteiger partial charge in [-0.2, -0.15) is 0 Å². The fraction of sp³-hybridized carbons (Fsp3) is 0.857. The number of hydrogen-bond acceptors (Lipinski definition) is 13. The van der Waals surface area contributed by atoms with Crippen LogP contribution >= 0.6 is 0 Å². The standard InChI is InChI=1S/C14H22O13/c1-23-11(20)8-5(17)6(18)10(13(22)25-8)27-14-7(19)3(15)4(16)9(26-14)12(21)24-2/h3-10,13-19,22H,1-2H3/t3-,4-,5-,6-,7+,8-,9-,10+,13-,14-/m0/s1. The molecule has 2 saturated heterocycles. The summed E-state index contributed by atoms with van der Waals surface area (Å²) >= 11 is 0. The first-order valence-corrected chi connectivity index (χ1v) is 7.84. The smallest absolute Gasteiger partial charge is 0.337 e. The van der Waals surface area contributed by atoms with Crippen LogP contribution < -0.4 is 0 Å². The molecule has 2 aliphatic heterocycles. The summed E-state index contributed by atoms with van der Waals surface area (Å²) in [5.74, 6) is -2.13. The summed E-state index contributed by atoms with van der Waals surface area (Å²) in [4.78, 5) is 23.1. The second-order valence-corrected chi connectivity index (χ2v) is 5.97. The maximum Gasteiger partial charge on any atom is 0.337 e. The Hall–Kier alpha value is -1.42. The predicted octanol–water partition coefficient (Wildman–Crippen LogP) is -5.04. The lowest BCUT2D eigenvalue weighted by Gasteiger charge is -2.44. The number of methoxy groups -OCH3 is 2. The van der Waals surface area contributed by atoms with Gasteiger partial charge in [0.2, 0.25) is 0 Å². The number of aliphatic hydroxyl groups excluding tert-OH is 6. The molecule has 0 amide bonds. The maximum absolute atomic E-state index is 11.6. The Balaban J connectivity index is 2.14. The largest absolute Gasteiger partial charge is 0.467 e. The zero-order valence-corrected chi connectivity index (χ0v) is 14.3. The van der Waals surface area contributed by atoms with Gasteiger partial charge in [-0.05, 0) is 0 Å². The third-order valence-corrected chi connectivity index (χ3v) is 4.29. The van der Waals surface area contributed by atoms with Gasteiger partial charge in [0.1, 0.15) is 36.6 Å². The molecule has 2 heterocycles. The number of carbonyl (C=O) groups is 2. The zero-order chi connectivity index (χ0) is 20.5. The van der Waals surface area contributed by atoms with E-state index in [4.69, 9.17) is 14.2 Å². The third kappa shape index (κ3) is 4.21. The topological polar surface area (TPSA) is 202 Å². The van der Waals surface area contributed by atoms with Crippen molar-refractivity contribution in [2.75, 3.05) is 14.2 Å². The summed E-state index contributed by atoms with van der Waals surface area (Å²) < 4.78 is 23.9. The van der Waals surface area contributed by atoms with Crippen molar-refractivity contribution in [1.29, 1.82) is 0 Å². The molecule has 0 unspecified atom stereocenters. The molecule has 0 aromatic heterocycles. The van der Waals surface area contributed by atoms with Crippen LogP contribution in [0.1, 0.15) is 0 Å². The van der Waals surface area contributed by atoms with Gasteiger partial charge in [-0.25, -0.2) is 9.59 Å². The lowest BCUT2D eigenvalue weighted by molar-refractivity contribution is -0.354. The first-order chi connectivity index (χ1) is 12.6. The van der Waals surface area contributed by atoms with Gasteiger partial charge in [-0.15, -0.1) is 0 Å². The van der Waals surface area contributed by atoms with Crippen LogP contribution in [-0.2, 0) is 33.3 Å². The Bertz CT molecular complexity index is 541. The van der Waals surface area contributed by atoms with Crippen LogP contribution in [0, 0.1) is 0 Å². The minimum atomic E-state index is -1.97. The van der Waals surface area contributed by atoms with E-state index >= 15 is 0 Å². The van der Waals surface area contributed by atoms with E-state index in [0.29, 0.717) is 0 Å². The minimum absolute atomic E-state index is 0.998. The van der Waals surface area contributed by atoms with Crippen molar-refractivity contribution < 1.29 is 63.9 Å². The Morgan fingerprint density at radius 3 is 1.70 bits per heavy atom. The first-order valence-electron chi connectivity index (χ1n) is 7.84. The highest BCUT2D eigenvalue weighted by molar-refractivity contribution is 5.76. The van der Waals surface area contributed by atoms with Gasteiger partial charge in [0, 0.05) is 0 Å². The summed E-state index contributed by atoms with van der Waals surface area (Å²) in [5.41, 5.74) is 0. The van der Waals surface area contributed by atoms with E-state index in [2.05, 4.69) is 9.47 Å². The summed E-state index contributed by atoms with van der Waals surface area (Å²) in [6, 6.07) is 0. The van der Waals surface area contributed by atoms with Crippen LogP contribution in [0.5, 0.6) is 0 Å². The van der Waals surface area contributed by atoms with Crippen molar-refractivity contribution in [2.45, 2.75) is 61.4 Å². The number of ether oxygens (including phenoxy) is 5. The molecule has 0 aromatic carbocycles. The fourth-order valence-electron chi connectivity index (χ4n) is 2.74. The number of esters is 2. The molecule has 0 saturated carbocycles. The van der Waals surface area contributed by atoms with Crippen molar-refractivity contribution in [3.05, 3.63) is 0 Å². The molecule has 0 aromatic rings. The second-order valence-electron chi connectivity index (χ2n) is 5.97. The first kappa shape index (κ1) is 21.9. The third-order valence-electron chi connectivity index (χ3n) is 4.29. The molecular formula is C14H22O13. The van der Waals surface area contributed by atoms with Crippen LogP contribution in [0.4, 0.5) is 0 Å². The van der Waals surface area contributed by atoms with Crippen LogP contribution in [0.25, 0.3) is 0 Å². The van der Waals surface area contributed by atoms with Gasteiger partial charge in [0.15, 0.2) is 24.8 Å². The Morgan fingerprint density at radius 1 is 0.704 bits per heavy atom. The van der Waals surface area contributed by atoms with Gasteiger partial charge in [0.05, 0.1) is 14.2 Å². The van der Waals surface area contributed by atoms with Crippen molar-refractivity contribution in [3.8, 4) is 0 Å². The Labute approximate surface area is 152 Å². The highest BCUT2D eigenvalue weighted by Gasteiger charge is 2.53. The molecule has 0 radical (unpaired) electrons. The Morgan fingerprint density at radius 2 is 1.19 bits per heavy atom. The number of rotatable bonds is 4. The second kappa shape index (κ2) is 8.72. The van der Waals surface area contributed by atoms with Crippen molar-refractivity contribution in [2.24, 2.45) is 0 Å². The number of hydrogen-bond donors (Lipinski definition) is 6. The van der Waals surface area contributed by atoms with Crippen LogP contribution in [0.3, 0.4) is 0 Å². The molecule has 0 spiro atoms. The van der Waals surface area contributed by atoms with E-state index in [1.165, 1.54) is 0 Å². The Kier molecular flexibility index (Phi) is 7.07. The van der Waals surface area contributed by atoms with Crippen LogP contribution in [0.15, 0.2) is 0 Å². The van der Waals surface area contributed by atoms with E-state index in [0.717, 1.165) is 14.2 Å². The molecule has 0 aliphatic carbocycles. The van der Waals surface area contributed by atoms with Gasteiger partial charge in [-0.3, -0.25) is 0 Å². The highest BCUT2D eigenvalue weighted by atomic mass is 16.7. The van der Waals surface area contributed by atoms with Crippen molar-refractivity contribution in [1.82, 2.24) is 0 Å². The van der Waals surface area contributed by atoms with Gasteiger partial charge < -0.3 is 54.3 Å². The average molecular weight is 398 g/mol. The lowest BCUT2D eigenvalue weighted by atomic mass is 9.97. The molecule has 0 bridgehead atoms. The monoisotopic (exact) mass is 398 g/mol. The van der Waals surface area contributed by atoms with Crippen molar-refractivity contribution in [3.63, 3.8) is 0 Å². The number of carbonyl (C=O) groups excluding carboxylic acids is 2. The minimum Gasteiger partial charge on any atom is -0.467 e. The highest BCUT2D eigenvalue weighted by Crippen LogP contribution is 2.29. The number of aliphatic hydroxyl groups is 6. The van der Waals surface area contributed by atoms with Crippen molar-refractivity contribution >= 4 is 11.9 Å². The maximum atomic E-state index is 11.6.